The lowest BCUT2D eigenvalue weighted by molar-refractivity contribution is 0.0208. The number of halogens is 4. The van der Waals surface area contributed by atoms with Crippen LogP contribution in [0.2, 0.25) is 15.7 Å². The first-order valence-electron chi connectivity index (χ1n) is 37.4. The van der Waals surface area contributed by atoms with Crippen molar-refractivity contribution in [1.29, 1.82) is 0 Å². The summed E-state index contributed by atoms with van der Waals surface area (Å²) in [5.41, 5.74) is 11.4. The number of nitrogens with one attached hydrogen (secondary N) is 4. The summed E-state index contributed by atoms with van der Waals surface area (Å²) in [7, 11) is 0. The fraction of sp³-hybridized carbons (Fsp3) is 0.605. The highest BCUT2D eigenvalue weighted by molar-refractivity contribution is 14.1. The standard InChI is InChI=1S/C16H25N3O4.C14H23N3O2.C13H16ClN5.C11H17N3O2.C9H15N3.C6H9N3.C4H2Cl2N2.C3H7I/c1-15(2,3)22-13(20)18-8-7-12-11(9-18)17-10-19(12)14(21)23-16(4,5)6;1-10(2)17-9-15-11-6-7-16(8-12(11)17)13(18)19-14(3,4)5;1-9(2)19-8-16-10-4-6-18(7-11(10)19)12-3-5-15-13(14)17-12;1-11(2,3)16-10(15)14-5-4-8-9(6-14)13-7-12-8;1-7(2)12-6-11-8-3-4-10-5-9(8)12;1-2-7-3-6-5(1)8-4-9-6;5-3-1-2-7-4(6)8-3;1-3(2)4/h10H,7-9H2,1-6H3;9-10H,6-8H2,1-5H3;3,5,8-9H,4,6-7H2,1-2H3;7H,4-6H2,1-3H3,(H,12,13);6-7,10H,3-5H2,1-2H3;4,7H,1-3H2,(H,8,9);1-2H;3H,1-2H3. The maximum absolute atomic E-state index is 12.2. The van der Waals surface area contributed by atoms with E-state index < -0.39 is 28.5 Å². The van der Waals surface area contributed by atoms with Gasteiger partial charge in [-0.25, -0.2) is 73.6 Å². The van der Waals surface area contributed by atoms with Gasteiger partial charge in [-0.1, -0.05) is 48.0 Å². The number of alkyl halides is 1. The largest absolute Gasteiger partial charge is 0.444 e. The van der Waals surface area contributed by atoms with Crippen molar-refractivity contribution >= 4 is 87.6 Å². The number of anilines is 1. The molecule has 34 heteroatoms. The third-order valence-corrected chi connectivity index (χ3v) is 17.3. The molecule has 30 nitrogen and oxygen atoms in total. The Morgan fingerprint density at radius 3 is 1.33 bits per heavy atom. The van der Waals surface area contributed by atoms with Gasteiger partial charge >= 0.3 is 24.4 Å². The van der Waals surface area contributed by atoms with Gasteiger partial charge in [0.2, 0.25) is 10.6 Å². The fourth-order valence-electron chi connectivity index (χ4n) is 11.8. The van der Waals surface area contributed by atoms with Crippen molar-refractivity contribution in [2.75, 3.05) is 44.2 Å². The average Bonchev–Trinajstić information content (AvgIpc) is 1.64. The van der Waals surface area contributed by atoms with E-state index in [-0.39, 0.29) is 23.6 Å². The second-order valence-electron chi connectivity index (χ2n) is 31.9. The molecule has 14 heterocycles. The third-order valence-electron chi connectivity index (χ3n) is 16.8. The van der Waals surface area contributed by atoms with Gasteiger partial charge in [0, 0.05) is 125 Å². The number of imidazole rings is 6. The summed E-state index contributed by atoms with van der Waals surface area (Å²) in [6.07, 6.45) is 17.7. The zero-order chi connectivity index (χ0) is 81.0. The number of fused-ring (bicyclic) bond motifs is 6. The monoisotopic (exact) mass is 1690 g/mol. The smallest absolute Gasteiger partial charge is 0.420 e. The van der Waals surface area contributed by atoms with E-state index in [1.54, 1.807) is 39.6 Å². The molecule has 0 aliphatic carbocycles. The molecule has 6 aliphatic heterocycles. The van der Waals surface area contributed by atoms with Gasteiger partial charge in [-0.15, -0.1) is 0 Å². The van der Waals surface area contributed by atoms with Crippen molar-refractivity contribution in [3.63, 3.8) is 0 Å². The van der Waals surface area contributed by atoms with Crippen LogP contribution in [0, 0.1) is 0 Å². The molecule has 3 amide bonds. The van der Waals surface area contributed by atoms with Gasteiger partial charge in [0.15, 0.2) is 0 Å². The fourth-order valence-corrected chi connectivity index (χ4v) is 12.2. The molecule has 0 fully saturated rings. The van der Waals surface area contributed by atoms with E-state index in [0.717, 1.165) is 110 Å². The van der Waals surface area contributed by atoms with Crippen LogP contribution < -0.4 is 15.5 Å². The van der Waals surface area contributed by atoms with Gasteiger partial charge in [0.05, 0.1) is 126 Å². The molecule has 0 radical (unpaired) electrons. The number of carbonyl (C=O) groups is 4. The lowest BCUT2D eigenvalue weighted by atomic mass is 10.1. The van der Waals surface area contributed by atoms with Gasteiger partial charge < -0.3 is 72.8 Å². The maximum Gasteiger partial charge on any atom is 0.420 e. The number of ether oxygens (including phenoxy) is 4. The molecular weight excluding hydrogens is 1580 g/mol. The Morgan fingerprint density at radius 1 is 0.427 bits per heavy atom. The van der Waals surface area contributed by atoms with Crippen molar-refractivity contribution in [3.8, 4) is 0 Å². The Balaban J connectivity index is 0.000000181. The van der Waals surface area contributed by atoms with E-state index in [0.29, 0.717) is 79.9 Å². The number of nitrogens with zero attached hydrogens (tertiary/aromatic N) is 18. The highest BCUT2D eigenvalue weighted by atomic mass is 127. The number of hydrogen-bond donors (Lipinski definition) is 4. The molecule has 604 valence electrons. The molecule has 14 rings (SSSR count). The van der Waals surface area contributed by atoms with Crippen molar-refractivity contribution in [1.82, 2.24) is 103 Å². The first-order valence-corrected chi connectivity index (χ1v) is 39.8. The summed E-state index contributed by atoms with van der Waals surface area (Å²) in [5.74, 6) is 0.877. The van der Waals surface area contributed by atoms with Crippen molar-refractivity contribution < 1.29 is 38.1 Å². The van der Waals surface area contributed by atoms with Crippen molar-refractivity contribution in [2.24, 2.45) is 0 Å². The second-order valence-corrected chi connectivity index (χ2v) is 35.4. The van der Waals surface area contributed by atoms with Crippen LogP contribution in [0.15, 0.2) is 62.5 Å². The van der Waals surface area contributed by atoms with E-state index in [1.807, 2.05) is 108 Å². The molecule has 0 unspecified atom stereocenters. The van der Waals surface area contributed by atoms with E-state index in [1.165, 1.54) is 51.3 Å². The predicted molar refractivity (Wildman–Crippen MR) is 434 cm³/mol. The molecule has 0 spiro atoms. The maximum atomic E-state index is 12.2. The predicted octanol–water partition coefficient (Wildman–Crippen LogP) is 14.7. The summed E-state index contributed by atoms with van der Waals surface area (Å²) in [6, 6.07) is 4.77. The lowest BCUT2D eigenvalue weighted by Gasteiger charge is -2.30. The molecule has 0 saturated heterocycles. The van der Waals surface area contributed by atoms with Gasteiger partial charge in [-0.05, 0) is 160 Å². The van der Waals surface area contributed by atoms with Crippen LogP contribution >= 0.6 is 57.4 Å². The van der Waals surface area contributed by atoms with E-state index in [4.69, 9.17) is 53.8 Å². The van der Waals surface area contributed by atoms with E-state index in [9.17, 15) is 19.2 Å². The molecule has 4 N–H and O–H groups in total. The summed E-state index contributed by atoms with van der Waals surface area (Å²) in [6.45, 7) is 48.6. The average molecular weight is 1700 g/mol. The molecule has 0 aromatic carbocycles. The first kappa shape index (κ1) is 89.2. The van der Waals surface area contributed by atoms with Crippen LogP contribution in [0.3, 0.4) is 0 Å². The molecule has 0 saturated carbocycles. The number of H-pyrrole nitrogens is 2. The Bertz CT molecular complexity index is 4210. The molecule has 0 atom stereocenters. The number of aromatic amines is 2. The van der Waals surface area contributed by atoms with Gasteiger partial charge in [0.25, 0.3) is 0 Å². The van der Waals surface area contributed by atoms with Crippen LogP contribution in [-0.4, -0.2) is 183 Å². The quantitative estimate of drug-likeness (QED) is 0.0418. The molecule has 0 bridgehead atoms. The van der Waals surface area contributed by atoms with Gasteiger partial charge in [-0.2, -0.15) is 0 Å². The summed E-state index contributed by atoms with van der Waals surface area (Å²) in [4.78, 5) is 103. The highest BCUT2D eigenvalue weighted by Gasteiger charge is 2.33. The summed E-state index contributed by atoms with van der Waals surface area (Å²) in [5, 5.41) is 7.45. The number of amides is 3. The highest BCUT2D eigenvalue weighted by Crippen LogP contribution is 2.28. The number of hydrogen-bond acceptors (Lipinski definition) is 21. The van der Waals surface area contributed by atoms with Crippen LogP contribution in [0.1, 0.15) is 225 Å². The summed E-state index contributed by atoms with van der Waals surface area (Å²) < 4.78 is 30.3. The minimum absolute atomic E-state index is 0.178. The minimum atomic E-state index is -0.564. The number of aromatic nitrogens is 16. The number of carbonyl (C=O) groups excluding carboxylic acids is 4. The zero-order valence-electron chi connectivity index (χ0n) is 67.6. The lowest BCUT2D eigenvalue weighted by Crippen LogP contribution is -2.40. The van der Waals surface area contributed by atoms with Crippen molar-refractivity contribution in [3.05, 3.63) is 147 Å². The van der Waals surface area contributed by atoms with E-state index in [2.05, 4.69) is 167 Å². The number of rotatable bonds is 4. The molecule has 110 heavy (non-hydrogen) atoms. The topological polar surface area (TPSA) is 322 Å². The van der Waals surface area contributed by atoms with Crippen LogP contribution in [0.4, 0.5) is 25.0 Å². The van der Waals surface area contributed by atoms with Crippen LogP contribution in [0.5, 0.6) is 0 Å². The Kier molecular flexibility index (Phi) is 32.8. The first-order chi connectivity index (χ1) is 51.6. The Morgan fingerprint density at radius 2 is 0.836 bits per heavy atom. The summed E-state index contributed by atoms with van der Waals surface area (Å²) >= 11 is 18.9. The Labute approximate surface area is 676 Å². The van der Waals surface area contributed by atoms with E-state index >= 15 is 0 Å². The van der Waals surface area contributed by atoms with Crippen LogP contribution in [0.25, 0.3) is 0 Å². The molecule has 8 aromatic rings. The molecule has 8 aromatic heterocycles. The normalized spacial score (nSPS) is 14.9. The minimum Gasteiger partial charge on any atom is -0.444 e. The molecule has 6 aliphatic rings. The SMILES string of the molecule is CC(C)(C)OC(=O)N1CCc2c(ncn2C(=O)OC(C)(C)C)C1.CC(C)(C)OC(=O)N1CCc2nc[nH]c2C1.CC(C)I.CC(C)n1cnc2c1CN(C(=O)OC(C)(C)C)CC2.CC(C)n1cnc2c1CN(c1ccnc(Cl)n1)CC2.CC(C)n1cnc2c1CNCC2.Clc1ccnc(Cl)n1.c1nc2c([nH]1)CNCC2. The molecular formula is C76H114Cl3IN22O8. The van der Waals surface area contributed by atoms with Crippen LogP contribution in [-0.2, 0) is 96.7 Å². The van der Waals surface area contributed by atoms with Gasteiger partial charge in [-0.3, -0.25) is 0 Å². The third kappa shape index (κ3) is 28.3. The second kappa shape index (κ2) is 40.5. The Hall–Kier alpha value is -7.98. The van der Waals surface area contributed by atoms with Crippen molar-refractivity contribution in [2.45, 2.75) is 261 Å². The van der Waals surface area contributed by atoms with Gasteiger partial charge in [0.1, 0.15) is 39.7 Å². The zero-order valence-corrected chi connectivity index (χ0v) is 72.1.